The number of hydrogen-bond donors (Lipinski definition) is 1. The van der Waals surface area contributed by atoms with Crippen molar-refractivity contribution in [2.24, 2.45) is 0 Å². The number of allylic oxidation sites excluding steroid dienone is 2. The van der Waals surface area contributed by atoms with E-state index in [4.69, 9.17) is 10.1 Å². The molecule has 0 fully saturated rings. The summed E-state index contributed by atoms with van der Waals surface area (Å²) in [6, 6.07) is 20.4. The number of Topliss-reactive ketones (excluding diaryl/α,β-unsaturated/α-hetero) is 1. The molecule has 6 rings (SSSR count). The van der Waals surface area contributed by atoms with E-state index in [9.17, 15) is 14.9 Å². The molecule has 3 aromatic carbocycles. The standard InChI is InChI=1S/C26H21N5O3S/c32-22-13-5-12-21-23(22)24(17-8-4-10-19(14-17)31(33)34)30-25(27-21)28-26(29-30)35-15-18-9-3-7-16-6-1-2-11-20(16)18/h1-4,6-11,14,24H,5,12-13,15H2,(H,27,28,29). The van der Waals surface area contributed by atoms with Crippen LogP contribution in [0.15, 0.2) is 83.2 Å². The number of hydrogen-bond acceptors (Lipinski definition) is 7. The van der Waals surface area contributed by atoms with Crippen LogP contribution in [0.25, 0.3) is 10.8 Å². The van der Waals surface area contributed by atoms with Crippen molar-refractivity contribution < 1.29 is 9.72 Å². The minimum absolute atomic E-state index is 0.0151. The number of anilines is 1. The summed E-state index contributed by atoms with van der Waals surface area (Å²) >= 11 is 1.53. The Morgan fingerprint density at radius 1 is 1.09 bits per heavy atom. The predicted molar refractivity (Wildman–Crippen MR) is 134 cm³/mol. The maximum absolute atomic E-state index is 13.0. The molecule has 1 N–H and O–H groups in total. The normalized spacial score (nSPS) is 17.1. The maximum Gasteiger partial charge on any atom is 0.269 e. The summed E-state index contributed by atoms with van der Waals surface area (Å²) in [5.41, 5.74) is 3.29. The lowest BCUT2D eigenvalue weighted by atomic mass is 9.85. The zero-order chi connectivity index (χ0) is 23.9. The van der Waals surface area contributed by atoms with E-state index in [1.165, 1.54) is 40.2 Å². The Morgan fingerprint density at radius 2 is 1.91 bits per heavy atom. The van der Waals surface area contributed by atoms with Crippen LogP contribution in [0.3, 0.4) is 0 Å². The van der Waals surface area contributed by atoms with Crippen molar-refractivity contribution in [3.05, 3.63) is 99.2 Å². The largest absolute Gasteiger partial charge is 0.328 e. The Morgan fingerprint density at radius 3 is 2.80 bits per heavy atom. The van der Waals surface area contributed by atoms with Crippen LogP contribution in [0.2, 0.25) is 0 Å². The molecule has 0 spiro atoms. The van der Waals surface area contributed by atoms with Crippen LogP contribution < -0.4 is 5.32 Å². The maximum atomic E-state index is 13.0. The lowest BCUT2D eigenvalue weighted by molar-refractivity contribution is -0.384. The third-order valence-corrected chi connectivity index (χ3v) is 7.37. The Hall–Kier alpha value is -3.98. The number of nitrogens with zero attached hydrogens (tertiary/aromatic N) is 4. The fourth-order valence-corrected chi connectivity index (χ4v) is 5.71. The van der Waals surface area contributed by atoms with Crippen molar-refractivity contribution in [1.82, 2.24) is 14.8 Å². The number of nitro benzene ring substituents is 1. The van der Waals surface area contributed by atoms with Crippen LogP contribution in [0.5, 0.6) is 0 Å². The van der Waals surface area contributed by atoms with E-state index in [-0.39, 0.29) is 11.5 Å². The van der Waals surface area contributed by atoms with Crippen molar-refractivity contribution in [3.63, 3.8) is 0 Å². The van der Waals surface area contributed by atoms with Gasteiger partial charge in [-0.1, -0.05) is 66.4 Å². The molecule has 35 heavy (non-hydrogen) atoms. The minimum Gasteiger partial charge on any atom is -0.328 e. The lowest BCUT2D eigenvalue weighted by Gasteiger charge is -2.32. The zero-order valence-electron chi connectivity index (χ0n) is 18.7. The second kappa shape index (κ2) is 8.66. The molecule has 0 radical (unpaired) electrons. The van der Waals surface area contributed by atoms with Gasteiger partial charge in [0.15, 0.2) is 5.78 Å². The molecule has 0 saturated carbocycles. The van der Waals surface area contributed by atoms with Gasteiger partial charge in [0.25, 0.3) is 5.69 Å². The second-order valence-corrected chi connectivity index (χ2v) is 9.58. The molecule has 2 aliphatic rings. The van der Waals surface area contributed by atoms with Gasteiger partial charge in [-0.3, -0.25) is 14.9 Å². The number of nitro groups is 1. The summed E-state index contributed by atoms with van der Waals surface area (Å²) in [7, 11) is 0. The quantitative estimate of drug-likeness (QED) is 0.222. The van der Waals surface area contributed by atoms with Crippen molar-refractivity contribution in [1.29, 1.82) is 0 Å². The Labute approximate surface area is 205 Å². The van der Waals surface area contributed by atoms with E-state index in [1.54, 1.807) is 10.7 Å². The Balaban J connectivity index is 1.37. The SMILES string of the molecule is O=C1CCCC2=C1C(c1cccc([N+](=O)[O-])c1)n1nc(SCc3cccc4ccccc34)nc1N2. The van der Waals surface area contributed by atoms with E-state index in [1.807, 2.05) is 24.3 Å². The molecule has 1 aliphatic heterocycles. The van der Waals surface area contributed by atoms with Gasteiger partial charge >= 0.3 is 0 Å². The molecule has 174 valence electrons. The molecular weight excluding hydrogens is 462 g/mol. The number of nitrogens with one attached hydrogen (secondary N) is 1. The van der Waals surface area contributed by atoms with Crippen LogP contribution in [-0.2, 0) is 10.5 Å². The number of rotatable bonds is 5. The highest BCUT2D eigenvalue weighted by Crippen LogP contribution is 2.41. The van der Waals surface area contributed by atoms with Gasteiger partial charge in [0, 0.05) is 35.6 Å². The first-order valence-electron chi connectivity index (χ1n) is 11.4. The fourth-order valence-electron chi connectivity index (χ4n) is 4.88. The van der Waals surface area contributed by atoms with Gasteiger partial charge in [0.1, 0.15) is 6.04 Å². The van der Waals surface area contributed by atoms with Gasteiger partial charge in [0.05, 0.1) is 4.92 Å². The van der Waals surface area contributed by atoms with Gasteiger partial charge in [-0.05, 0) is 34.7 Å². The van der Waals surface area contributed by atoms with Crippen molar-refractivity contribution >= 4 is 40.0 Å². The smallest absolute Gasteiger partial charge is 0.269 e. The van der Waals surface area contributed by atoms with Crippen molar-refractivity contribution in [2.75, 3.05) is 5.32 Å². The first-order chi connectivity index (χ1) is 17.1. The third kappa shape index (κ3) is 3.87. The van der Waals surface area contributed by atoms with Crippen LogP contribution in [0.1, 0.15) is 36.4 Å². The molecular formula is C26H21N5O3S. The van der Waals surface area contributed by atoms with Crippen LogP contribution in [0.4, 0.5) is 11.6 Å². The van der Waals surface area contributed by atoms with Gasteiger partial charge in [-0.25, -0.2) is 4.68 Å². The van der Waals surface area contributed by atoms with Crippen molar-refractivity contribution in [2.45, 2.75) is 36.2 Å². The van der Waals surface area contributed by atoms with E-state index < -0.39 is 11.0 Å². The molecule has 0 saturated heterocycles. The van der Waals surface area contributed by atoms with E-state index in [2.05, 4.69) is 29.6 Å². The van der Waals surface area contributed by atoms with E-state index in [0.29, 0.717) is 34.4 Å². The van der Waals surface area contributed by atoms with Crippen molar-refractivity contribution in [3.8, 4) is 0 Å². The van der Waals surface area contributed by atoms with Gasteiger partial charge in [-0.15, -0.1) is 5.10 Å². The number of aromatic nitrogens is 3. The van der Waals surface area contributed by atoms with E-state index in [0.717, 1.165) is 18.5 Å². The van der Waals surface area contributed by atoms with Gasteiger partial charge < -0.3 is 5.32 Å². The number of carbonyl (C=O) groups is 1. The molecule has 0 bridgehead atoms. The number of thioether (sulfide) groups is 1. The average molecular weight is 484 g/mol. The van der Waals surface area contributed by atoms with Crippen LogP contribution in [0, 0.1) is 10.1 Å². The van der Waals surface area contributed by atoms with Gasteiger partial charge in [0.2, 0.25) is 11.1 Å². The molecule has 1 aromatic heterocycles. The molecule has 1 aliphatic carbocycles. The second-order valence-electron chi connectivity index (χ2n) is 8.64. The molecule has 2 heterocycles. The predicted octanol–water partition coefficient (Wildman–Crippen LogP) is 5.65. The topological polar surface area (TPSA) is 103 Å². The highest BCUT2D eigenvalue weighted by molar-refractivity contribution is 7.98. The number of benzene rings is 3. The van der Waals surface area contributed by atoms with E-state index >= 15 is 0 Å². The Kier molecular flexibility index (Phi) is 5.33. The Bertz CT molecular complexity index is 1520. The summed E-state index contributed by atoms with van der Waals surface area (Å²) < 4.78 is 1.70. The summed E-state index contributed by atoms with van der Waals surface area (Å²) in [4.78, 5) is 28.7. The summed E-state index contributed by atoms with van der Waals surface area (Å²) in [5.74, 6) is 1.29. The molecule has 8 nitrogen and oxygen atoms in total. The first kappa shape index (κ1) is 21.5. The summed E-state index contributed by atoms with van der Waals surface area (Å²) in [5, 5.41) is 22.5. The molecule has 9 heteroatoms. The summed E-state index contributed by atoms with van der Waals surface area (Å²) in [6.07, 6.45) is 1.96. The minimum atomic E-state index is -0.548. The average Bonchev–Trinajstić information content (AvgIpc) is 3.29. The fraction of sp³-hybridized carbons (Fsp3) is 0.192. The van der Waals surface area contributed by atoms with Gasteiger partial charge in [-0.2, -0.15) is 4.98 Å². The highest BCUT2D eigenvalue weighted by atomic mass is 32.2. The molecule has 0 amide bonds. The monoisotopic (exact) mass is 483 g/mol. The molecule has 4 aromatic rings. The third-order valence-electron chi connectivity index (χ3n) is 6.48. The lowest BCUT2D eigenvalue weighted by Crippen LogP contribution is -2.31. The highest BCUT2D eigenvalue weighted by Gasteiger charge is 2.37. The number of non-ortho nitro benzene ring substituents is 1. The van der Waals surface area contributed by atoms with Crippen LogP contribution in [-0.4, -0.2) is 25.5 Å². The number of ketones is 1. The summed E-state index contributed by atoms with van der Waals surface area (Å²) in [6.45, 7) is 0. The zero-order valence-corrected chi connectivity index (χ0v) is 19.5. The number of carbonyl (C=O) groups excluding carboxylic acids is 1. The number of fused-ring (bicyclic) bond motifs is 2. The first-order valence-corrected chi connectivity index (χ1v) is 12.4. The molecule has 1 unspecified atom stereocenters. The van der Waals surface area contributed by atoms with Crippen LogP contribution >= 0.6 is 11.8 Å². The molecule has 1 atom stereocenters.